The fourth-order valence-electron chi connectivity index (χ4n) is 3.78. The highest BCUT2D eigenvalue weighted by molar-refractivity contribution is 7.91. The summed E-state index contributed by atoms with van der Waals surface area (Å²) in [5.74, 6) is 0.105. The van der Waals surface area contributed by atoms with E-state index in [0.29, 0.717) is 23.1 Å². The summed E-state index contributed by atoms with van der Waals surface area (Å²) in [5.41, 5.74) is 1.51. The first-order valence-corrected chi connectivity index (χ1v) is 11.2. The van der Waals surface area contributed by atoms with E-state index in [-0.39, 0.29) is 40.0 Å². The average molecular weight is 411 g/mol. The van der Waals surface area contributed by atoms with E-state index in [1.807, 2.05) is 30.3 Å². The maximum absolute atomic E-state index is 13.2. The lowest BCUT2D eigenvalue weighted by molar-refractivity contribution is 0.0748. The second-order valence-corrected chi connectivity index (χ2v) is 9.64. The minimum Gasteiger partial charge on any atom is -0.455 e. The van der Waals surface area contributed by atoms with Crippen LogP contribution in [-0.4, -0.2) is 43.8 Å². The molecule has 0 aliphatic carbocycles. The van der Waals surface area contributed by atoms with Gasteiger partial charge in [0.25, 0.3) is 5.91 Å². The summed E-state index contributed by atoms with van der Waals surface area (Å²) in [6.45, 7) is 1.71. The zero-order chi connectivity index (χ0) is 20.8. The van der Waals surface area contributed by atoms with Gasteiger partial charge in [0.1, 0.15) is 5.76 Å². The third kappa shape index (κ3) is 3.46. The molecule has 0 saturated carbocycles. The van der Waals surface area contributed by atoms with Gasteiger partial charge in [0.2, 0.25) is 0 Å². The summed E-state index contributed by atoms with van der Waals surface area (Å²) in [6, 6.07) is 13.8. The molecule has 1 aromatic heterocycles. The van der Waals surface area contributed by atoms with E-state index >= 15 is 0 Å². The fraction of sp³-hybridized carbons (Fsp3) is 0.273. The summed E-state index contributed by atoms with van der Waals surface area (Å²) in [5, 5.41) is 0.334. The quantitative estimate of drug-likeness (QED) is 0.661. The van der Waals surface area contributed by atoms with E-state index in [9.17, 15) is 18.0 Å². The number of nitrogens with zero attached hydrogens (tertiary/aromatic N) is 1. The number of rotatable bonds is 3. The van der Waals surface area contributed by atoms with Crippen LogP contribution >= 0.6 is 0 Å². The zero-order valence-corrected chi connectivity index (χ0v) is 17.0. The molecule has 29 heavy (non-hydrogen) atoms. The van der Waals surface area contributed by atoms with Crippen LogP contribution in [0.2, 0.25) is 0 Å². The monoisotopic (exact) mass is 411 g/mol. The van der Waals surface area contributed by atoms with Crippen molar-refractivity contribution in [2.45, 2.75) is 19.4 Å². The number of carbonyl (C=O) groups excluding carboxylic acids is 1. The Hall–Kier alpha value is -2.93. The van der Waals surface area contributed by atoms with Crippen molar-refractivity contribution in [2.24, 2.45) is 0 Å². The van der Waals surface area contributed by atoms with Crippen molar-refractivity contribution in [3.63, 3.8) is 0 Å². The molecule has 1 aliphatic heterocycles. The zero-order valence-electron chi connectivity index (χ0n) is 16.2. The van der Waals surface area contributed by atoms with Crippen molar-refractivity contribution in [3.8, 4) is 11.3 Å². The average Bonchev–Trinajstić information content (AvgIpc) is 3.09. The van der Waals surface area contributed by atoms with E-state index in [4.69, 9.17) is 4.42 Å². The van der Waals surface area contributed by atoms with E-state index in [1.54, 1.807) is 32.2 Å². The molecule has 1 aliphatic rings. The van der Waals surface area contributed by atoms with Gasteiger partial charge in [0, 0.05) is 24.2 Å². The molecule has 4 rings (SSSR count). The molecule has 1 saturated heterocycles. The van der Waals surface area contributed by atoms with Crippen molar-refractivity contribution < 1.29 is 17.6 Å². The van der Waals surface area contributed by atoms with Crippen molar-refractivity contribution in [3.05, 3.63) is 69.9 Å². The first-order chi connectivity index (χ1) is 13.8. The summed E-state index contributed by atoms with van der Waals surface area (Å²) in [4.78, 5) is 27.6. The van der Waals surface area contributed by atoms with Gasteiger partial charge >= 0.3 is 0 Å². The molecule has 0 unspecified atom stereocenters. The number of hydrogen-bond acceptors (Lipinski definition) is 5. The van der Waals surface area contributed by atoms with Crippen molar-refractivity contribution in [2.75, 3.05) is 18.6 Å². The van der Waals surface area contributed by atoms with Gasteiger partial charge in [-0.1, -0.05) is 36.4 Å². The molecule has 1 fully saturated rings. The van der Waals surface area contributed by atoms with Gasteiger partial charge in [0.05, 0.1) is 22.5 Å². The minimum atomic E-state index is -3.12. The third-order valence-electron chi connectivity index (χ3n) is 5.49. The lowest BCUT2D eigenvalue weighted by Crippen LogP contribution is -2.38. The highest BCUT2D eigenvalue weighted by Gasteiger charge is 2.34. The highest BCUT2D eigenvalue weighted by atomic mass is 32.2. The lowest BCUT2D eigenvalue weighted by atomic mass is 10.0. The van der Waals surface area contributed by atoms with E-state index in [1.165, 1.54) is 4.90 Å². The predicted molar refractivity (Wildman–Crippen MR) is 112 cm³/mol. The van der Waals surface area contributed by atoms with E-state index in [0.717, 1.165) is 5.56 Å². The number of benzene rings is 2. The van der Waals surface area contributed by atoms with Crippen LogP contribution in [0.15, 0.2) is 57.7 Å². The second-order valence-electron chi connectivity index (χ2n) is 7.41. The summed E-state index contributed by atoms with van der Waals surface area (Å²) < 4.78 is 29.7. The topological polar surface area (TPSA) is 84.7 Å². The number of para-hydroxylation sites is 1. The van der Waals surface area contributed by atoms with Crippen molar-refractivity contribution >= 4 is 26.7 Å². The number of amides is 1. The number of fused-ring (bicyclic) bond motifs is 1. The van der Waals surface area contributed by atoms with Gasteiger partial charge in [-0.2, -0.15) is 0 Å². The van der Waals surface area contributed by atoms with Crippen LogP contribution in [0.5, 0.6) is 0 Å². The standard InChI is InChI=1S/C22H21NO5S/c1-14-19(24)17-9-6-10-18(21(17)28-20(14)15-7-4-3-5-8-15)22(25)23(2)16-11-12-29(26,27)13-16/h3-10,16H,11-13H2,1-2H3/t16-/m0/s1. The highest BCUT2D eigenvalue weighted by Crippen LogP contribution is 2.28. The van der Waals surface area contributed by atoms with Crippen molar-refractivity contribution in [1.82, 2.24) is 4.90 Å². The largest absolute Gasteiger partial charge is 0.455 e. The third-order valence-corrected chi connectivity index (χ3v) is 7.24. The Morgan fingerprint density at radius 1 is 1.10 bits per heavy atom. The summed E-state index contributed by atoms with van der Waals surface area (Å²) >= 11 is 0. The van der Waals surface area contributed by atoms with Gasteiger partial charge in [-0.3, -0.25) is 9.59 Å². The smallest absolute Gasteiger partial charge is 0.257 e. The Bertz CT molecular complexity index is 1260. The molecule has 0 radical (unpaired) electrons. The molecule has 2 aromatic carbocycles. The molecule has 7 heteroatoms. The molecule has 0 bridgehead atoms. The molecule has 6 nitrogen and oxygen atoms in total. The Morgan fingerprint density at radius 2 is 1.83 bits per heavy atom. The van der Waals surface area contributed by atoms with Crippen LogP contribution in [0.4, 0.5) is 0 Å². The lowest BCUT2D eigenvalue weighted by Gasteiger charge is -2.23. The van der Waals surface area contributed by atoms with Gasteiger partial charge in [-0.25, -0.2) is 8.42 Å². The van der Waals surface area contributed by atoms with Crippen LogP contribution < -0.4 is 5.43 Å². The van der Waals surface area contributed by atoms with Crippen molar-refractivity contribution in [1.29, 1.82) is 0 Å². The summed E-state index contributed by atoms with van der Waals surface area (Å²) in [6.07, 6.45) is 0.410. The van der Waals surface area contributed by atoms with Gasteiger partial charge in [-0.05, 0) is 25.5 Å². The van der Waals surface area contributed by atoms with Crippen LogP contribution in [0.3, 0.4) is 0 Å². The van der Waals surface area contributed by atoms with E-state index < -0.39 is 9.84 Å². The number of sulfone groups is 1. The molecule has 1 atom stereocenters. The molecule has 0 N–H and O–H groups in total. The molecule has 2 heterocycles. The van der Waals surface area contributed by atoms with Crippen LogP contribution in [0.1, 0.15) is 22.3 Å². The second kappa shape index (κ2) is 7.15. The minimum absolute atomic E-state index is 0.0433. The normalized spacial score (nSPS) is 18.1. The fourth-order valence-corrected chi connectivity index (χ4v) is 5.55. The SMILES string of the molecule is Cc1c(-c2ccccc2)oc2c(C(=O)N(C)[C@H]3CCS(=O)(=O)C3)cccc2c1=O. The van der Waals surface area contributed by atoms with Gasteiger partial charge in [0.15, 0.2) is 20.8 Å². The Balaban J connectivity index is 1.84. The van der Waals surface area contributed by atoms with Crippen LogP contribution in [0, 0.1) is 6.92 Å². The van der Waals surface area contributed by atoms with Gasteiger partial charge < -0.3 is 9.32 Å². The Morgan fingerprint density at radius 3 is 2.48 bits per heavy atom. The number of carbonyl (C=O) groups is 1. The Kier molecular flexibility index (Phi) is 4.78. The van der Waals surface area contributed by atoms with Gasteiger partial charge in [-0.15, -0.1) is 0 Å². The first kappa shape index (κ1) is 19.4. The molecular weight excluding hydrogens is 390 g/mol. The first-order valence-electron chi connectivity index (χ1n) is 9.38. The molecule has 0 spiro atoms. The molecule has 1 amide bonds. The molecule has 3 aromatic rings. The van der Waals surface area contributed by atoms with E-state index in [2.05, 4.69) is 0 Å². The maximum Gasteiger partial charge on any atom is 0.257 e. The Labute approximate surface area is 168 Å². The predicted octanol–water partition coefficient (Wildman–Crippen LogP) is 3.03. The molecular formula is C22H21NO5S. The van der Waals surface area contributed by atoms with Crippen LogP contribution in [-0.2, 0) is 9.84 Å². The summed E-state index contributed by atoms with van der Waals surface area (Å²) in [7, 11) is -1.53. The maximum atomic E-state index is 13.2. The number of hydrogen-bond donors (Lipinski definition) is 0. The van der Waals surface area contributed by atoms with Crippen LogP contribution in [0.25, 0.3) is 22.3 Å². The molecule has 150 valence electrons.